The lowest BCUT2D eigenvalue weighted by Crippen LogP contribution is -2.43. The second-order valence-corrected chi connectivity index (χ2v) is 11.5. The van der Waals surface area contributed by atoms with Gasteiger partial charge in [-0.25, -0.2) is 0 Å². The zero-order chi connectivity index (χ0) is 28.8. The molecular formula is C35H40N2O4. The fraction of sp³-hybridized carbons (Fsp3) is 0.371. The Morgan fingerprint density at radius 2 is 1.66 bits per heavy atom. The van der Waals surface area contributed by atoms with Crippen LogP contribution in [0.15, 0.2) is 97.6 Å². The summed E-state index contributed by atoms with van der Waals surface area (Å²) >= 11 is 0. The predicted molar refractivity (Wildman–Crippen MR) is 160 cm³/mol. The highest BCUT2D eigenvalue weighted by Gasteiger charge is 2.40. The molecule has 2 aliphatic rings. The van der Waals surface area contributed by atoms with Crippen molar-refractivity contribution in [3.63, 3.8) is 0 Å². The monoisotopic (exact) mass is 552 g/mol. The molecule has 1 saturated heterocycles. The number of carbonyl (C=O) groups excluding carboxylic acids is 2. The number of nitrogens with one attached hydrogen (secondary N) is 1. The van der Waals surface area contributed by atoms with Crippen molar-refractivity contribution < 1.29 is 19.8 Å². The summed E-state index contributed by atoms with van der Waals surface area (Å²) in [7, 11) is 0. The number of hydrogen-bond acceptors (Lipinski definition) is 4. The van der Waals surface area contributed by atoms with Gasteiger partial charge < -0.3 is 20.4 Å². The van der Waals surface area contributed by atoms with Crippen LogP contribution in [0, 0.1) is 11.8 Å². The molecule has 1 heterocycles. The zero-order valence-electron chi connectivity index (χ0n) is 23.4. The third kappa shape index (κ3) is 6.95. The minimum Gasteiger partial charge on any atom is -0.391 e. The molecule has 0 saturated carbocycles. The molecule has 41 heavy (non-hydrogen) atoms. The standard InChI is InChI=1S/C35H40N2O4/c1-2-11-27-20-29(19-25-14-7-4-8-15-25)37(35(27)41)23-30(38)21-28(18-24-12-5-3-6-13-24)34(40)36-33-31-17-10-9-16-26(31)22-32(33)39/h2-10,12-17,27-30,32-33,38-39H,1,11,18-23H2,(H,36,40)/t27-,28+,29-,30-,32+,33-/m0/s1. The van der Waals surface area contributed by atoms with Crippen molar-refractivity contribution >= 4 is 11.8 Å². The lowest BCUT2D eigenvalue weighted by Gasteiger charge is -2.29. The molecule has 6 atom stereocenters. The van der Waals surface area contributed by atoms with Crippen LogP contribution in [0.25, 0.3) is 0 Å². The first-order valence-corrected chi connectivity index (χ1v) is 14.7. The van der Waals surface area contributed by atoms with Gasteiger partial charge in [0.25, 0.3) is 0 Å². The van der Waals surface area contributed by atoms with Crippen LogP contribution in [-0.2, 0) is 28.9 Å². The maximum Gasteiger partial charge on any atom is 0.226 e. The van der Waals surface area contributed by atoms with Crippen molar-refractivity contribution in [2.45, 2.75) is 62.8 Å². The Balaban J connectivity index is 1.31. The first-order valence-electron chi connectivity index (χ1n) is 14.7. The third-order valence-corrected chi connectivity index (χ3v) is 8.56. The van der Waals surface area contributed by atoms with E-state index in [0.717, 1.165) is 35.1 Å². The summed E-state index contributed by atoms with van der Waals surface area (Å²) in [5.74, 6) is -0.825. The third-order valence-electron chi connectivity index (χ3n) is 8.56. The molecule has 1 aliphatic heterocycles. The Labute approximate surface area is 242 Å². The topological polar surface area (TPSA) is 89.9 Å². The number of rotatable bonds is 12. The van der Waals surface area contributed by atoms with Gasteiger partial charge in [0, 0.05) is 30.8 Å². The molecule has 214 valence electrons. The molecular weight excluding hydrogens is 512 g/mol. The molecule has 1 aliphatic carbocycles. The number of fused-ring (bicyclic) bond motifs is 1. The summed E-state index contributed by atoms with van der Waals surface area (Å²) in [4.78, 5) is 28.9. The molecule has 2 amide bonds. The van der Waals surface area contributed by atoms with Crippen LogP contribution in [0.3, 0.4) is 0 Å². The van der Waals surface area contributed by atoms with Gasteiger partial charge in [0.15, 0.2) is 0 Å². The van der Waals surface area contributed by atoms with Crippen molar-refractivity contribution in [3.05, 3.63) is 120 Å². The van der Waals surface area contributed by atoms with Crippen LogP contribution in [-0.4, -0.2) is 51.7 Å². The number of amides is 2. The number of aliphatic hydroxyl groups excluding tert-OH is 2. The average molecular weight is 553 g/mol. The van der Waals surface area contributed by atoms with Gasteiger partial charge in [0.2, 0.25) is 11.8 Å². The van der Waals surface area contributed by atoms with Crippen LogP contribution in [0.5, 0.6) is 0 Å². The fourth-order valence-corrected chi connectivity index (χ4v) is 6.52. The number of allylic oxidation sites excluding steroid dienone is 1. The van der Waals surface area contributed by atoms with E-state index in [1.807, 2.05) is 77.7 Å². The Kier molecular flexibility index (Phi) is 9.32. The molecule has 0 aromatic heterocycles. The summed E-state index contributed by atoms with van der Waals surface area (Å²) in [6.45, 7) is 4.01. The highest BCUT2D eigenvalue weighted by molar-refractivity contribution is 5.82. The van der Waals surface area contributed by atoms with E-state index in [0.29, 0.717) is 19.3 Å². The average Bonchev–Trinajstić information content (AvgIpc) is 3.44. The molecule has 6 heteroatoms. The van der Waals surface area contributed by atoms with Gasteiger partial charge in [0.05, 0.1) is 18.2 Å². The SMILES string of the molecule is C=CC[C@H]1C[C@H](Cc2ccccc2)N(C[C@@H](O)C[C@@H](Cc2ccccc2)C(=O)N[C@H]2c3ccccc3C[C@H]2O)C1=O. The smallest absolute Gasteiger partial charge is 0.226 e. The summed E-state index contributed by atoms with van der Waals surface area (Å²) in [6, 6.07) is 27.2. The summed E-state index contributed by atoms with van der Waals surface area (Å²) in [5.41, 5.74) is 4.13. The molecule has 3 N–H and O–H groups in total. The molecule has 0 radical (unpaired) electrons. The van der Waals surface area contributed by atoms with Crippen molar-refractivity contribution in [1.82, 2.24) is 10.2 Å². The van der Waals surface area contributed by atoms with Gasteiger partial charge in [-0.15, -0.1) is 6.58 Å². The Morgan fingerprint density at radius 1 is 1.00 bits per heavy atom. The molecule has 1 fully saturated rings. The first kappa shape index (κ1) is 28.8. The van der Waals surface area contributed by atoms with Crippen LogP contribution in [0.1, 0.15) is 47.6 Å². The number of hydrogen-bond donors (Lipinski definition) is 3. The maximum atomic E-state index is 13.7. The van der Waals surface area contributed by atoms with Gasteiger partial charge in [-0.2, -0.15) is 0 Å². The van der Waals surface area contributed by atoms with Crippen molar-refractivity contribution in [3.8, 4) is 0 Å². The first-order chi connectivity index (χ1) is 19.9. The molecule has 0 spiro atoms. The second kappa shape index (κ2) is 13.3. The lowest BCUT2D eigenvalue weighted by molar-refractivity contribution is -0.133. The van der Waals surface area contributed by atoms with Gasteiger partial charge >= 0.3 is 0 Å². The summed E-state index contributed by atoms with van der Waals surface area (Å²) in [6.07, 6.45) is 3.44. The highest BCUT2D eigenvalue weighted by atomic mass is 16.3. The molecule has 3 aromatic rings. The summed E-state index contributed by atoms with van der Waals surface area (Å²) < 4.78 is 0. The fourth-order valence-electron chi connectivity index (χ4n) is 6.52. The Bertz CT molecular complexity index is 1330. The Hall–Kier alpha value is -3.74. The Morgan fingerprint density at radius 3 is 2.37 bits per heavy atom. The second-order valence-electron chi connectivity index (χ2n) is 11.5. The van der Waals surface area contributed by atoms with Crippen LogP contribution in [0.4, 0.5) is 0 Å². The normalized spacial score (nSPS) is 23.2. The molecule has 6 nitrogen and oxygen atoms in total. The van der Waals surface area contributed by atoms with Gasteiger partial charge in [-0.3, -0.25) is 9.59 Å². The van der Waals surface area contributed by atoms with E-state index in [4.69, 9.17) is 0 Å². The summed E-state index contributed by atoms with van der Waals surface area (Å²) in [5, 5.41) is 25.2. The largest absolute Gasteiger partial charge is 0.391 e. The molecule has 0 bridgehead atoms. The van der Waals surface area contributed by atoms with Crippen LogP contribution >= 0.6 is 0 Å². The van der Waals surface area contributed by atoms with Gasteiger partial charge in [0.1, 0.15) is 0 Å². The maximum absolute atomic E-state index is 13.7. The lowest BCUT2D eigenvalue weighted by atomic mass is 9.91. The van der Waals surface area contributed by atoms with E-state index in [1.54, 1.807) is 6.08 Å². The number of carbonyl (C=O) groups is 2. The quantitative estimate of drug-likeness (QED) is 0.291. The number of β-amino-alcohol motifs (C(OH)–C–C–N with tert-alkyl or cyclic N) is 1. The van der Waals surface area contributed by atoms with Gasteiger partial charge in [-0.1, -0.05) is 91.0 Å². The zero-order valence-corrected chi connectivity index (χ0v) is 23.4. The molecule has 3 aromatic carbocycles. The van der Waals surface area contributed by atoms with Crippen molar-refractivity contribution in [1.29, 1.82) is 0 Å². The minimum atomic E-state index is -0.875. The number of likely N-dealkylation sites (tertiary alicyclic amines) is 1. The minimum absolute atomic E-state index is 0.0176. The van der Waals surface area contributed by atoms with Crippen LogP contribution in [0.2, 0.25) is 0 Å². The van der Waals surface area contributed by atoms with E-state index in [2.05, 4.69) is 24.0 Å². The number of aliphatic hydroxyl groups is 2. The van der Waals surface area contributed by atoms with E-state index in [1.165, 1.54) is 0 Å². The number of benzene rings is 3. The number of nitrogens with zero attached hydrogens (tertiary/aromatic N) is 1. The molecule has 5 rings (SSSR count). The van der Waals surface area contributed by atoms with Crippen LogP contribution < -0.4 is 5.32 Å². The highest BCUT2D eigenvalue weighted by Crippen LogP contribution is 2.33. The van der Waals surface area contributed by atoms with E-state index >= 15 is 0 Å². The molecule has 0 unspecified atom stereocenters. The van der Waals surface area contributed by atoms with Gasteiger partial charge in [-0.05, 0) is 54.4 Å². The van der Waals surface area contributed by atoms with E-state index < -0.39 is 24.2 Å². The van der Waals surface area contributed by atoms with Crippen molar-refractivity contribution in [2.24, 2.45) is 11.8 Å². The predicted octanol–water partition coefficient (Wildman–Crippen LogP) is 4.41. The van der Waals surface area contributed by atoms with E-state index in [-0.39, 0.29) is 36.7 Å². The van der Waals surface area contributed by atoms with Crippen molar-refractivity contribution in [2.75, 3.05) is 6.54 Å². The van der Waals surface area contributed by atoms with E-state index in [9.17, 15) is 19.8 Å².